The van der Waals surface area contributed by atoms with Crippen molar-refractivity contribution in [1.82, 2.24) is 33.8 Å². The van der Waals surface area contributed by atoms with E-state index in [2.05, 4.69) is 20.1 Å². The molecule has 0 saturated carbocycles. The Hall–Kier alpha value is -4.96. The third-order valence-corrected chi connectivity index (χ3v) is 10.3. The van der Waals surface area contributed by atoms with Crippen molar-refractivity contribution < 1.29 is 23.4 Å². The van der Waals surface area contributed by atoms with Gasteiger partial charge in [-0.15, -0.1) is 0 Å². The van der Waals surface area contributed by atoms with Gasteiger partial charge in [0.1, 0.15) is 60.7 Å². The molecule has 13 nitrogen and oxygen atoms in total. The van der Waals surface area contributed by atoms with Gasteiger partial charge in [-0.3, -0.25) is 0 Å². The molecule has 5 aromatic rings. The summed E-state index contributed by atoms with van der Waals surface area (Å²) in [7, 11) is 0. The molecule has 52 heavy (non-hydrogen) atoms. The molecule has 0 amide bonds. The summed E-state index contributed by atoms with van der Waals surface area (Å²) < 4.78 is 44.9. The number of rotatable bonds is 12. The Bertz CT molecular complexity index is 2010. The van der Waals surface area contributed by atoms with Crippen molar-refractivity contribution in [2.75, 3.05) is 44.3 Å². The predicted octanol–water partition coefficient (Wildman–Crippen LogP) is 4.57. The highest BCUT2D eigenvalue weighted by molar-refractivity contribution is 5.53. The number of hydrogen-bond acceptors (Lipinski definition) is 9. The smallest absolute Gasteiger partial charge is 0.350 e. The first-order valence-corrected chi connectivity index (χ1v) is 17.5. The van der Waals surface area contributed by atoms with Crippen molar-refractivity contribution in [3.8, 4) is 11.4 Å². The molecule has 4 heterocycles. The summed E-state index contributed by atoms with van der Waals surface area (Å²) in [6.07, 6.45) is 4.71. The normalized spacial score (nSPS) is 21.3. The zero-order valence-electron chi connectivity index (χ0n) is 29.1. The quantitative estimate of drug-likeness (QED) is 0.146. The Labute approximate surface area is 299 Å². The SMILES string of the molecule is CC[C@@H]([C@H](C)O)n1ncn(-c2ccc(N3CC[N+]([O-])(c4ccc(OC[C@@H]5CO[C@@](Cn6cncn6)(c6ccc(F)cc6F)C5)cc4)CC3)cc2)c1=O. The fraction of sp³-hybridized carbons (Fsp3) is 0.405. The van der Waals surface area contributed by atoms with Gasteiger partial charge in [0.05, 0.1) is 50.7 Å². The first-order valence-electron chi connectivity index (χ1n) is 17.5. The molecule has 274 valence electrons. The van der Waals surface area contributed by atoms with Crippen LogP contribution in [0.5, 0.6) is 5.75 Å². The number of ether oxygens (including phenoxy) is 2. The average Bonchev–Trinajstić information content (AvgIpc) is 3.90. The van der Waals surface area contributed by atoms with Gasteiger partial charge in [0.2, 0.25) is 0 Å². The number of halogens is 2. The monoisotopic (exact) mass is 716 g/mol. The van der Waals surface area contributed by atoms with E-state index in [0.29, 0.717) is 69.4 Å². The van der Waals surface area contributed by atoms with Crippen LogP contribution in [-0.4, -0.2) is 79.7 Å². The van der Waals surface area contributed by atoms with Crippen molar-refractivity contribution in [3.05, 3.63) is 119 Å². The maximum absolute atomic E-state index is 15.0. The van der Waals surface area contributed by atoms with E-state index in [1.54, 1.807) is 35.9 Å². The zero-order chi connectivity index (χ0) is 36.5. The minimum absolute atomic E-state index is 0.0742. The highest BCUT2D eigenvalue weighted by Crippen LogP contribution is 2.42. The molecule has 4 atom stereocenters. The van der Waals surface area contributed by atoms with Crippen LogP contribution >= 0.6 is 0 Å². The molecule has 2 aliphatic rings. The summed E-state index contributed by atoms with van der Waals surface area (Å²) in [5.41, 5.74) is 1.16. The third-order valence-electron chi connectivity index (χ3n) is 10.3. The Morgan fingerprint density at radius 2 is 1.77 bits per heavy atom. The molecular formula is C37H42F2N8O5. The summed E-state index contributed by atoms with van der Waals surface area (Å²) in [6.45, 7) is 6.22. The Balaban J connectivity index is 0.945. The first kappa shape index (κ1) is 35.4. The number of aromatic nitrogens is 6. The summed E-state index contributed by atoms with van der Waals surface area (Å²) in [5, 5.41) is 32.3. The molecule has 15 heteroatoms. The van der Waals surface area contributed by atoms with Crippen molar-refractivity contribution >= 4 is 11.4 Å². The number of hydrogen-bond donors (Lipinski definition) is 1. The van der Waals surface area contributed by atoms with Gasteiger partial charge in [-0.2, -0.15) is 10.2 Å². The highest BCUT2D eigenvalue weighted by atomic mass is 19.1. The molecule has 1 N–H and O–H groups in total. The molecule has 2 fully saturated rings. The second kappa shape index (κ2) is 14.6. The fourth-order valence-electron chi connectivity index (χ4n) is 7.38. The number of quaternary nitrogens is 1. The highest BCUT2D eigenvalue weighted by Gasteiger charge is 2.44. The number of hydroxylamine groups is 2. The van der Waals surface area contributed by atoms with Crippen LogP contribution in [-0.2, 0) is 16.9 Å². The van der Waals surface area contributed by atoms with Crippen LogP contribution in [0.4, 0.5) is 20.2 Å². The van der Waals surface area contributed by atoms with Gasteiger partial charge in [-0.05, 0) is 62.2 Å². The Kier molecular flexibility index (Phi) is 9.94. The van der Waals surface area contributed by atoms with Gasteiger partial charge in [0.25, 0.3) is 0 Å². The molecular weight excluding hydrogens is 674 g/mol. The molecule has 3 aromatic carbocycles. The van der Waals surface area contributed by atoms with Crippen molar-refractivity contribution in [2.24, 2.45) is 5.92 Å². The summed E-state index contributed by atoms with van der Waals surface area (Å²) in [4.78, 5) is 19.1. The largest absolute Gasteiger partial charge is 0.627 e. The van der Waals surface area contributed by atoms with E-state index in [0.717, 1.165) is 11.8 Å². The second-order valence-electron chi connectivity index (χ2n) is 13.7. The van der Waals surface area contributed by atoms with Gasteiger partial charge in [0.15, 0.2) is 0 Å². The molecule has 0 spiro atoms. The number of nitrogens with zero attached hydrogens (tertiary/aromatic N) is 8. The zero-order valence-corrected chi connectivity index (χ0v) is 29.1. The van der Waals surface area contributed by atoms with E-state index >= 15 is 0 Å². The number of benzene rings is 3. The maximum atomic E-state index is 15.0. The fourth-order valence-corrected chi connectivity index (χ4v) is 7.38. The molecule has 2 aliphatic heterocycles. The van der Waals surface area contributed by atoms with Crippen LogP contribution < -0.4 is 20.0 Å². The topological polar surface area (TPSA) is 136 Å². The van der Waals surface area contributed by atoms with Crippen LogP contribution in [0.15, 0.2) is 90.5 Å². The van der Waals surface area contributed by atoms with Crippen LogP contribution in [0.3, 0.4) is 0 Å². The number of anilines is 1. The van der Waals surface area contributed by atoms with E-state index in [1.807, 2.05) is 31.2 Å². The van der Waals surface area contributed by atoms with Crippen LogP contribution in [0, 0.1) is 22.8 Å². The summed E-state index contributed by atoms with van der Waals surface area (Å²) in [5.74, 6) is -0.802. The van der Waals surface area contributed by atoms with E-state index < -0.39 is 34.0 Å². The van der Waals surface area contributed by atoms with E-state index in [4.69, 9.17) is 9.47 Å². The summed E-state index contributed by atoms with van der Waals surface area (Å²) >= 11 is 0. The minimum atomic E-state index is -1.06. The molecule has 0 unspecified atom stereocenters. The van der Waals surface area contributed by atoms with Crippen molar-refractivity contribution in [1.29, 1.82) is 0 Å². The van der Waals surface area contributed by atoms with Crippen LogP contribution in [0.1, 0.15) is 38.3 Å². The number of aliphatic hydroxyl groups is 1. The minimum Gasteiger partial charge on any atom is -0.627 e. The van der Waals surface area contributed by atoms with Gasteiger partial charge in [-0.1, -0.05) is 13.0 Å². The van der Waals surface area contributed by atoms with E-state index in [1.165, 1.54) is 40.4 Å². The lowest BCUT2D eigenvalue weighted by Crippen LogP contribution is -2.57. The van der Waals surface area contributed by atoms with E-state index in [-0.39, 0.29) is 23.7 Å². The molecule has 2 saturated heterocycles. The lowest BCUT2D eigenvalue weighted by molar-refractivity contribution is -0.0206. The Morgan fingerprint density at radius 1 is 1.04 bits per heavy atom. The second-order valence-corrected chi connectivity index (χ2v) is 13.7. The predicted molar refractivity (Wildman–Crippen MR) is 190 cm³/mol. The first-order chi connectivity index (χ1) is 25.1. The number of aliphatic hydroxyl groups excluding tert-OH is 1. The van der Waals surface area contributed by atoms with Gasteiger partial charge in [-0.25, -0.2) is 32.5 Å². The standard InChI is InChI=1S/C37H42F2N8O5/c1-3-35(26(2)48)46-36(49)45(25-42-46)30-7-5-29(6-8-30)43-14-16-47(50,17-15-43)31-9-11-32(12-10-31)51-20-27-19-37(52-21-27,22-44-24-40-23-41-44)33-13-4-28(38)18-34(33)39/h4-13,18,23-27,35,48H,3,14-17,19-22H2,1-2H3/t26-,27+,35-,37-/m0/s1. The van der Waals surface area contributed by atoms with Crippen LogP contribution in [0.2, 0.25) is 0 Å². The van der Waals surface area contributed by atoms with Gasteiger partial charge >= 0.3 is 5.69 Å². The van der Waals surface area contributed by atoms with Crippen molar-refractivity contribution in [3.63, 3.8) is 0 Å². The summed E-state index contributed by atoms with van der Waals surface area (Å²) in [6, 6.07) is 17.9. The molecule has 0 aliphatic carbocycles. The van der Waals surface area contributed by atoms with Crippen LogP contribution in [0.25, 0.3) is 5.69 Å². The molecule has 2 aromatic heterocycles. The molecule has 7 rings (SSSR count). The third kappa shape index (κ3) is 7.08. The van der Waals surface area contributed by atoms with Gasteiger partial charge < -0.3 is 29.3 Å². The van der Waals surface area contributed by atoms with E-state index in [9.17, 15) is 23.9 Å². The van der Waals surface area contributed by atoms with Crippen molar-refractivity contribution in [2.45, 2.75) is 51.0 Å². The lowest BCUT2D eigenvalue weighted by atomic mass is 9.87. The maximum Gasteiger partial charge on any atom is 0.350 e. The van der Waals surface area contributed by atoms with Gasteiger partial charge in [0, 0.05) is 35.4 Å². The Morgan fingerprint density at radius 3 is 2.42 bits per heavy atom. The number of piperazine rings is 1. The average molecular weight is 717 g/mol. The molecule has 0 bridgehead atoms. The lowest BCUT2D eigenvalue weighted by Gasteiger charge is -2.48. The molecule has 0 radical (unpaired) electrons.